The number of hydrogen-bond donors (Lipinski definition) is 1. The minimum atomic E-state index is -4.52. The number of halogens is 3. The van der Waals surface area contributed by atoms with Crippen LogP contribution in [0.3, 0.4) is 0 Å². The van der Waals surface area contributed by atoms with Gasteiger partial charge < -0.3 is 15.0 Å². The Balaban J connectivity index is 1.63. The molecule has 0 bridgehead atoms. The lowest BCUT2D eigenvalue weighted by molar-refractivity contribution is -0.141. The molecule has 0 unspecified atom stereocenters. The molecular formula is C17H19F3N4O2. The quantitative estimate of drug-likeness (QED) is 0.902. The summed E-state index contributed by atoms with van der Waals surface area (Å²) in [6, 6.07) is 6.51. The third-order valence-electron chi connectivity index (χ3n) is 4.10. The number of amides is 1. The van der Waals surface area contributed by atoms with E-state index in [4.69, 9.17) is 4.74 Å². The molecule has 2 heterocycles. The molecule has 140 valence electrons. The van der Waals surface area contributed by atoms with E-state index in [9.17, 15) is 18.0 Å². The van der Waals surface area contributed by atoms with Crippen molar-refractivity contribution >= 4 is 17.3 Å². The highest BCUT2D eigenvalue weighted by Gasteiger charge is 2.33. The second-order valence-electron chi connectivity index (χ2n) is 6.04. The topological polar surface area (TPSA) is 59.4 Å². The number of carbonyl (C=O) groups is 1. The average molecular weight is 368 g/mol. The van der Waals surface area contributed by atoms with Gasteiger partial charge >= 0.3 is 6.18 Å². The first-order valence-corrected chi connectivity index (χ1v) is 8.17. The van der Waals surface area contributed by atoms with Crippen LogP contribution in [0, 0.1) is 6.92 Å². The molecule has 3 rings (SSSR count). The van der Waals surface area contributed by atoms with Gasteiger partial charge in [-0.05, 0) is 36.8 Å². The molecule has 1 aromatic heterocycles. The minimum absolute atomic E-state index is 0.291. The molecule has 1 N–H and O–H groups in total. The number of hydrogen-bond acceptors (Lipinski definition) is 4. The fraction of sp³-hybridized carbons (Fsp3) is 0.412. The number of aryl methyl sites for hydroxylation is 1. The summed E-state index contributed by atoms with van der Waals surface area (Å²) in [5.74, 6) is -0.441. The summed E-state index contributed by atoms with van der Waals surface area (Å²) in [6.45, 7) is 4.57. The Bertz CT molecular complexity index is 783. The first kappa shape index (κ1) is 18.2. The lowest BCUT2D eigenvalue weighted by Gasteiger charge is -2.29. The molecule has 0 aliphatic carbocycles. The normalized spacial score (nSPS) is 15.2. The van der Waals surface area contributed by atoms with E-state index in [0.29, 0.717) is 18.9 Å². The fourth-order valence-corrected chi connectivity index (χ4v) is 2.74. The number of carbonyl (C=O) groups excluding carboxylic acids is 1. The van der Waals surface area contributed by atoms with E-state index in [1.807, 2.05) is 19.1 Å². The maximum atomic E-state index is 12.5. The number of nitrogens with one attached hydrogen (secondary N) is 1. The van der Waals surface area contributed by atoms with Crippen LogP contribution in [0.1, 0.15) is 11.3 Å². The van der Waals surface area contributed by atoms with Crippen molar-refractivity contribution in [3.63, 3.8) is 0 Å². The number of ether oxygens (including phenoxy) is 1. The molecule has 0 atom stereocenters. The SMILES string of the molecule is Cc1cc(N2CCOCC2)ccc1NC(=O)Cn1ccc(C(F)(F)F)n1. The molecule has 1 saturated heterocycles. The summed E-state index contributed by atoms with van der Waals surface area (Å²) in [5.41, 5.74) is 1.52. The van der Waals surface area contributed by atoms with Crippen LogP contribution in [0.25, 0.3) is 0 Å². The Morgan fingerprint density at radius 3 is 2.62 bits per heavy atom. The molecule has 9 heteroatoms. The van der Waals surface area contributed by atoms with Gasteiger partial charge in [-0.1, -0.05) is 0 Å². The standard InChI is InChI=1S/C17H19F3N4O2/c1-12-10-13(23-6-8-26-9-7-23)2-3-14(12)21-16(25)11-24-5-4-15(22-24)17(18,19)20/h2-5,10H,6-9,11H2,1H3,(H,21,25). The Morgan fingerprint density at radius 1 is 1.27 bits per heavy atom. The summed E-state index contributed by atoms with van der Waals surface area (Å²) >= 11 is 0. The van der Waals surface area contributed by atoms with Crippen molar-refractivity contribution < 1.29 is 22.7 Å². The van der Waals surface area contributed by atoms with Crippen molar-refractivity contribution in [2.75, 3.05) is 36.5 Å². The predicted molar refractivity (Wildman–Crippen MR) is 90.1 cm³/mol. The van der Waals surface area contributed by atoms with E-state index < -0.39 is 17.8 Å². The predicted octanol–water partition coefficient (Wildman–Crippen LogP) is 2.69. The van der Waals surface area contributed by atoms with Crippen LogP contribution in [0.2, 0.25) is 0 Å². The van der Waals surface area contributed by atoms with Crippen LogP contribution in [0.4, 0.5) is 24.5 Å². The third-order valence-corrected chi connectivity index (χ3v) is 4.10. The number of rotatable bonds is 4. The summed E-state index contributed by atoms with van der Waals surface area (Å²) in [6.07, 6.45) is -3.38. The van der Waals surface area contributed by atoms with Gasteiger partial charge in [0.05, 0.1) is 13.2 Å². The summed E-state index contributed by atoms with van der Waals surface area (Å²) in [4.78, 5) is 14.3. The number of nitrogens with zero attached hydrogens (tertiary/aromatic N) is 3. The largest absolute Gasteiger partial charge is 0.435 e. The molecule has 1 aliphatic rings. The number of alkyl halides is 3. The van der Waals surface area contributed by atoms with E-state index in [0.717, 1.165) is 41.3 Å². The van der Waals surface area contributed by atoms with Gasteiger partial charge in [-0.25, -0.2) is 0 Å². The monoisotopic (exact) mass is 368 g/mol. The third kappa shape index (κ3) is 4.34. The highest BCUT2D eigenvalue weighted by atomic mass is 19.4. The van der Waals surface area contributed by atoms with Crippen molar-refractivity contribution in [3.8, 4) is 0 Å². The molecule has 0 radical (unpaired) electrons. The van der Waals surface area contributed by atoms with Crippen LogP contribution < -0.4 is 10.2 Å². The number of anilines is 2. The summed E-state index contributed by atoms with van der Waals surface area (Å²) in [5, 5.41) is 6.09. The zero-order valence-electron chi connectivity index (χ0n) is 14.2. The average Bonchev–Trinajstić information content (AvgIpc) is 3.06. The minimum Gasteiger partial charge on any atom is -0.378 e. The van der Waals surface area contributed by atoms with Gasteiger partial charge in [0.15, 0.2) is 5.69 Å². The number of benzene rings is 1. The van der Waals surface area contributed by atoms with E-state index in [1.54, 1.807) is 6.07 Å². The fourth-order valence-electron chi connectivity index (χ4n) is 2.74. The maximum Gasteiger partial charge on any atom is 0.435 e. The molecule has 26 heavy (non-hydrogen) atoms. The van der Waals surface area contributed by atoms with Crippen LogP contribution in [0.5, 0.6) is 0 Å². The smallest absolute Gasteiger partial charge is 0.378 e. The van der Waals surface area contributed by atoms with Gasteiger partial charge in [0.2, 0.25) is 5.91 Å². The number of morpholine rings is 1. The summed E-state index contributed by atoms with van der Waals surface area (Å²) in [7, 11) is 0. The molecule has 0 saturated carbocycles. The van der Waals surface area contributed by atoms with Gasteiger partial charge in [-0.15, -0.1) is 0 Å². The first-order valence-electron chi connectivity index (χ1n) is 8.17. The van der Waals surface area contributed by atoms with Crippen LogP contribution >= 0.6 is 0 Å². The lowest BCUT2D eigenvalue weighted by atomic mass is 10.1. The zero-order chi connectivity index (χ0) is 18.7. The van der Waals surface area contributed by atoms with E-state index in [1.165, 1.54) is 0 Å². The Labute approximate surface area is 148 Å². The van der Waals surface area contributed by atoms with Gasteiger partial charge in [0, 0.05) is 30.7 Å². The van der Waals surface area contributed by atoms with E-state index in [2.05, 4.69) is 15.3 Å². The zero-order valence-corrected chi connectivity index (χ0v) is 14.2. The molecule has 1 aromatic carbocycles. The van der Waals surface area contributed by atoms with Crippen molar-refractivity contribution in [2.45, 2.75) is 19.6 Å². The lowest BCUT2D eigenvalue weighted by Crippen LogP contribution is -2.36. The Hall–Kier alpha value is -2.55. The van der Waals surface area contributed by atoms with Crippen LogP contribution in [0.15, 0.2) is 30.5 Å². The van der Waals surface area contributed by atoms with Gasteiger partial charge in [0.1, 0.15) is 6.54 Å². The van der Waals surface area contributed by atoms with Crippen molar-refractivity contribution in [1.82, 2.24) is 9.78 Å². The van der Waals surface area contributed by atoms with Crippen LogP contribution in [-0.2, 0) is 22.3 Å². The van der Waals surface area contributed by atoms with Crippen molar-refractivity contribution in [3.05, 3.63) is 41.7 Å². The van der Waals surface area contributed by atoms with Gasteiger partial charge in [-0.2, -0.15) is 18.3 Å². The second-order valence-corrected chi connectivity index (χ2v) is 6.04. The van der Waals surface area contributed by atoms with E-state index in [-0.39, 0.29) is 6.54 Å². The molecule has 1 aliphatic heterocycles. The van der Waals surface area contributed by atoms with E-state index >= 15 is 0 Å². The Morgan fingerprint density at radius 2 is 2.00 bits per heavy atom. The van der Waals surface area contributed by atoms with Gasteiger partial charge in [-0.3, -0.25) is 9.48 Å². The molecular weight excluding hydrogens is 349 g/mol. The van der Waals surface area contributed by atoms with Crippen molar-refractivity contribution in [1.29, 1.82) is 0 Å². The highest BCUT2D eigenvalue weighted by Crippen LogP contribution is 2.27. The molecule has 1 amide bonds. The molecule has 2 aromatic rings. The Kier molecular flexibility index (Phi) is 5.17. The molecule has 6 nitrogen and oxygen atoms in total. The summed E-state index contributed by atoms with van der Waals surface area (Å²) < 4.78 is 43.9. The first-order chi connectivity index (χ1) is 12.3. The second kappa shape index (κ2) is 7.36. The van der Waals surface area contributed by atoms with Crippen LogP contribution in [-0.4, -0.2) is 42.0 Å². The number of aromatic nitrogens is 2. The molecule has 0 spiro atoms. The maximum absolute atomic E-state index is 12.5. The highest BCUT2D eigenvalue weighted by molar-refractivity contribution is 5.91. The van der Waals surface area contributed by atoms with Crippen molar-refractivity contribution in [2.24, 2.45) is 0 Å². The molecule has 1 fully saturated rings. The van der Waals surface area contributed by atoms with Gasteiger partial charge in [0.25, 0.3) is 0 Å².